The first-order valence-corrected chi connectivity index (χ1v) is 12.1. The average Bonchev–Trinajstić information content (AvgIpc) is 2.80. The number of rotatable bonds is 12. The van der Waals surface area contributed by atoms with Crippen molar-refractivity contribution in [3.8, 4) is 11.5 Å². The van der Waals surface area contributed by atoms with Crippen molar-refractivity contribution in [3.05, 3.63) is 59.7 Å². The highest BCUT2D eigenvalue weighted by Gasteiger charge is 2.34. The first kappa shape index (κ1) is 25.4. The molecule has 2 aromatic rings. The summed E-state index contributed by atoms with van der Waals surface area (Å²) in [5.41, 5.74) is 0.805. The molecule has 1 aliphatic carbocycles. The first-order valence-electron chi connectivity index (χ1n) is 12.1. The molecule has 0 atom stereocenters. The van der Waals surface area contributed by atoms with Gasteiger partial charge in [0, 0.05) is 0 Å². The Morgan fingerprint density at radius 3 is 1.97 bits per heavy atom. The Hall–Kier alpha value is -2.24. The standard InChI is InChI=1S/C27H34F4O2/c1-2-3-4-5-20-6-8-21(9-7-20)10-11-22-12-14-23(15-13-22)27(30,31)33-25-18-16-24(17-19-25)32-26(28)29/h12-21,26H,2-11H2,1H3/t20-,21-. The lowest BCUT2D eigenvalue weighted by Gasteiger charge is -2.28. The maximum atomic E-state index is 14.5. The second kappa shape index (κ2) is 12.3. The van der Waals surface area contributed by atoms with E-state index in [-0.39, 0.29) is 17.1 Å². The number of benzene rings is 2. The van der Waals surface area contributed by atoms with E-state index < -0.39 is 12.7 Å². The molecule has 0 saturated heterocycles. The summed E-state index contributed by atoms with van der Waals surface area (Å²) >= 11 is 0. The van der Waals surface area contributed by atoms with E-state index in [2.05, 4.69) is 11.7 Å². The van der Waals surface area contributed by atoms with E-state index in [9.17, 15) is 17.6 Å². The molecule has 0 N–H and O–H groups in total. The second-order valence-corrected chi connectivity index (χ2v) is 9.09. The van der Waals surface area contributed by atoms with Gasteiger partial charge in [-0.15, -0.1) is 0 Å². The third kappa shape index (κ3) is 8.24. The van der Waals surface area contributed by atoms with Gasteiger partial charge in [-0.2, -0.15) is 17.6 Å². The second-order valence-electron chi connectivity index (χ2n) is 9.09. The van der Waals surface area contributed by atoms with E-state index in [1.165, 1.54) is 87.8 Å². The minimum absolute atomic E-state index is 0.116. The average molecular weight is 467 g/mol. The SMILES string of the molecule is CCCCC[C@H]1CC[C@H](CCc2ccc(C(F)(F)Oc3ccc(OC(F)F)cc3)cc2)CC1. The van der Waals surface area contributed by atoms with E-state index in [4.69, 9.17) is 4.74 Å². The summed E-state index contributed by atoms with van der Waals surface area (Å²) in [4.78, 5) is 0. The molecule has 1 aliphatic rings. The van der Waals surface area contributed by atoms with Crippen molar-refractivity contribution in [3.63, 3.8) is 0 Å². The summed E-state index contributed by atoms with van der Waals surface area (Å²) in [5, 5.41) is 0. The summed E-state index contributed by atoms with van der Waals surface area (Å²) in [7, 11) is 0. The maximum Gasteiger partial charge on any atom is 0.426 e. The monoisotopic (exact) mass is 466 g/mol. The van der Waals surface area contributed by atoms with Gasteiger partial charge in [0.2, 0.25) is 0 Å². The lowest BCUT2D eigenvalue weighted by Crippen LogP contribution is -2.21. The quantitative estimate of drug-likeness (QED) is 0.230. The van der Waals surface area contributed by atoms with Gasteiger partial charge in [0.1, 0.15) is 11.5 Å². The highest BCUT2D eigenvalue weighted by Crippen LogP contribution is 2.35. The molecular formula is C27H34F4O2. The third-order valence-electron chi connectivity index (χ3n) is 6.61. The molecular weight excluding hydrogens is 432 g/mol. The molecule has 0 aliphatic heterocycles. The molecule has 0 radical (unpaired) electrons. The Balaban J connectivity index is 1.45. The van der Waals surface area contributed by atoms with Crippen molar-refractivity contribution < 1.29 is 27.0 Å². The number of ether oxygens (including phenoxy) is 2. The summed E-state index contributed by atoms with van der Waals surface area (Å²) in [6.07, 6.45) is 9.00. The van der Waals surface area contributed by atoms with Gasteiger partial charge in [0.05, 0.1) is 5.56 Å². The Morgan fingerprint density at radius 2 is 1.39 bits per heavy atom. The molecule has 1 saturated carbocycles. The smallest absolute Gasteiger partial charge is 0.426 e. The van der Waals surface area contributed by atoms with Gasteiger partial charge in [-0.25, -0.2) is 0 Å². The fourth-order valence-corrected chi connectivity index (χ4v) is 4.62. The van der Waals surface area contributed by atoms with Crippen molar-refractivity contribution >= 4 is 0 Å². The van der Waals surface area contributed by atoms with Crippen LogP contribution >= 0.6 is 0 Å². The third-order valence-corrected chi connectivity index (χ3v) is 6.61. The molecule has 0 bridgehead atoms. The lowest BCUT2D eigenvalue weighted by atomic mass is 9.78. The van der Waals surface area contributed by atoms with E-state index in [0.29, 0.717) is 0 Å². The minimum Gasteiger partial charge on any atom is -0.435 e. The number of aryl methyl sites for hydroxylation is 1. The van der Waals surface area contributed by atoms with Crippen LogP contribution in [-0.4, -0.2) is 6.61 Å². The molecule has 6 heteroatoms. The van der Waals surface area contributed by atoms with Crippen LogP contribution in [0.2, 0.25) is 0 Å². The number of alkyl halides is 4. The van der Waals surface area contributed by atoms with E-state index in [1.54, 1.807) is 12.1 Å². The lowest BCUT2D eigenvalue weighted by molar-refractivity contribution is -0.185. The van der Waals surface area contributed by atoms with Crippen molar-refractivity contribution in [2.45, 2.75) is 83.9 Å². The molecule has 0 aromatic heterocycles. The Labute approximate surface area is 194 Å². The van der Waals surface area contributed by atoms with Gasteiger partial charge in [0.25, 0.3) is 0 Å². The van der Waals surface area contributed by atoms with Crippen molar-refractivity contribution in [1.29, 1.82) is 0 Å². The van der Waals surface area contributed by atoms with E-state index in [0.717, 1.165) is 30.2 Å². The summed E-state index contributed by atoms with van der Waals surface area (Å²) in [6, 6.07) is 11.0. The van der Waals surface area contributed by atoms with Gasteiger partial charge in [-0.3, -0.25) is 0 Å². The molecule has 0 amide bonds. The van der Waals surface area contributed by atoms with Gasteiger partial charge >= 0.3 is 12.7 Å². The van der Waals surface area contributed by atoms with Crippen LogP contribution in [-0.2, 0) is 12.5 Å². The van der Waals surface area contributed by atoms with Crippen LogP contribution in [0.25, 0.3) is 0 Å². The zero-order valence-electron chi connectivity index (χ0n) is 19.3. The van der Waals surface area contributed by atoms with Crippen LogP contribution in [0.4, 0.5) is 17.6 Å². The normalized spacial score (nSPS) is 19.0. The Morgan fingerprint density at radius 1 is 0.818 bits per heavy atom. The van der Waals surface area contributed by atoms with Crippen LogP contribution in [0.5, 0.6) is 11.5 Å². The van der Waals surface area contributed by atoms with Crippen molar-refractivity contribution in [2.75, 3.05) is 0 Å². The van der Waals surface area contributed by atoms with Gasteiger partial charge in [-0.1, -0.05) is 70.4 Å². The van der Waals surface area contributed by atoms with E-state index in [1.807, 2.05) is 0 Å². The molecule has 182 valence electrons. The van der Waals surface area contributed by atoms with Crippen molar-refractivity contribution in [1.82, 2.24) is 0 Å². The van der Waals surface area contributed by atoms with Crippen molar-refractivity contribution in [2.24, 2.45) is 11.8 Å². The van der Waals surface area contributed by atoms with Crippen LogP contribution in [0, 0.1) is 11.8 Å². The molecule has 0 unspecified atom stereocenters. The fourth-order valence-electron chi connectivity index (χ4n) is 4.62. The molecule has 2 aromatic carbocycles. The van der Waals surface area contributed by atoms with Crippen LogP contribution in [0.15, 0.2) is 48.5 Å². The Bertz CT molecular complexity index is 813. The van der Waals surface area contributed by atoms with E-state index >= 15 is 0 Å². The molecule has 1 fully saturated rings. The van der Waals surface area contributed by atoms with Gasteiger partial charge in [-0.05, 0) is 66.6 Å². The molecule has 0 heterocycles. The van der Waals surface area contributed by atoms with Crippen LogP contribution in [0.3, 0.4) is 0 Å². The summed E-state index contributed by atoms with van der Waals surface area (Å²) in [5.74, 6) is 1.38. The molecule has 0 spiro atoms. The van der Waals surface area contributed by atoms with Gasteiger partial charge in [0.15, 0.2) is 0 Å². The highest BCUT2D eigenvalue weighted by molar-refractivity contribution is 5.32. The predicted molar refractivity (Wildman–Crippen MR) is 122 cm³/mol. The highest BCUT2D eigenvalue weighted by atomic mass is 19.3. The summed E-state index contributed by atoms with van der Waals surface area (Å²) < 4.78 is 62.5. The molecule has 2 nitrogen and oxygen atoms in total. The Kier molecular flexibility index (Phi) is 9.45. The van der Waals surface area contributed by atoms with Crippen LogP contribution in [0.1, 0.15) is 75.8 Å². The van der Waals surface area contributed by atoms with Crippen LogP contribution < -0.4 is 9.47 Å². The maximum absolute atomic E-state index is 14.5. The zero-order chi connectivity index (χ0) is 23.7. The number of unbranched alkanes of at least 4 members (excludes halogenated alkanes) is 2. The molecule has 33 heavy (non-hydrogen) atoms. The molecule has 3 rings (SSSR count). The number of hydrogen-bond acceptors (Lipinski definition) is 2. The predicted octanol–water partition coefficient (Wildman–Crippen LogP) is 8.74. The topological polar surface area (TPSA) is 18.5 Å². The fraction of sp³-hybridized carbons (Fsp3) is 0.556. The number of halogens is 4. The minimum atomic E-state index is -3.53. The zero-order valence-corrected chi connectivity index (χ0v) is 19.3. The largest absolute Gasteiger partial charge is 0.435 e. The van der Waals surface area contributed by atoms with Gasteiger partial charge < -0.3 is 9.47 Å². The summed E-state index contributed by atoms with van der Waals surface area (Å²) in [6.45, 7) is -0.727. The number of hydrogen-bond donors (Lipinski definition) is 0. The first-order chi connectivity index (χ1) is 15.9.